The van der Waals surface area contributed by atoms with E-state index in [0.29, 0.717) is 5.69 Å². The Morgan fingerprint density at radius 1 is 1.03 bits per heavy atom. The SMILES string of the molecule is Cc1ccc(S(=O)(=O)N(CC(=O)N/N=C\c2cccc(Br)c2)c2ccccc2)cc1. The maximum Gasteiger partial charge on any atom is 0.264 e. The number of sulfonamides is 1. The molecule has 1 amide bonds. The lowest BCUT2D eigenvalue weighted by molar-refractivity contribution is -0.119. The summed E-state index contributed by atoms with van der Waals surface area (Å²) in [6.45, 7) is 1.47. The molecule has 0 fully saturated rings. The van der Waals surface area contributed by atoms with E-state index in [9.17, 15) is 13.2 Å². The van der Waals surface area contributed by atoms with Gasteiger partial charge in [-0.25, -0.2) is 13.8 Å². The molecule has 8 heteroatoms. The molecule has 0 radical (unpaired) electrons. The summed E-state index contributed by atoms with van der Waals surface area (Å²) in [5.41, 5.74) is 4.52. The van der Waals surface area contributed by atoms with Gasteiger partial charge in [0.15, 0.2) is 0 Å². The number of hydrazone groups is 1. The summed E-state index contributed by atoms with van der Waals surface area (Å²) in [5.74, 6) is -0.555. The quantitative estimate of drug-likeness (QED) is 0.404. The van der Waals surface area contributed by atoms with Gasteiger partial charge in [-0.2, -0.15) is 5.10 Å². The molecule has 0 saturated heterocycles. The van der Waals surface area contributed by atoms with E-state index in [1.165, 1.54) is 18.3 Å². The standard InChI is InChI=1S/C22H20BrN3O3S/c1-17-10-12-21(13-11-17)30(28,29)26(20-8-3-2-4-9-20)16-22(27)25-24-15-18-6-5-7-19(23)14-18/h2-15H,16H2,1H3,(H,25,27)/b24-15-. The molecule has 0 aliphatic heterocycles. The van der Waals surface area contributed by atoms with Crippen LogP contribution in [0.4, 0.5) is 5.69 Å². The number of hydrogen-bond donors (Lipinski definition) is 1. The first-order valence-electron chi connectivity index (χ1n) is 9.08. The number of nitrogens with zero attached hydrogens (tertiary/aromatic N) is 2. The third kappa shape index (κ3) is 5.55. The third-order valence-corrected chi connectivity index (χ3v) is 6.47. The van der Waals surface area contributed by atoms with Gasteiger partial charge in [-0.15, -0.1) is 0 Å². The summed E-state index contributed by atoms with van der Waals surface area (Å²) >= 11 is 3.37. The molecule has 0 unspecified atom stereocenters. The number of amides is 1. The van der Waals surface area contributed by atoms with Crippen LogP contribution < -0.4 is 9.73 Å². The number of para-hydroxylation sites is 1. The van der Waals surface area contributed by atoms with Gasteiger partial charge in [-0.3, -0.25) is 9.10 Å². The van der Waals surface area contributed by atoms with Crippen molar-refractivity contribution in [3.63, 3.8) is 0 Å². The van der Waals surface area contributed by atoms with Gasteiger partial charge in [0.2, 0.25) is 0 Å². The molecule has 0 atom stereocenters. The number of anilines is 1. The van der Waals surface area contributed by atoms with E-state index in [-0.39, 0.29) is 4.90 Å². The highest BCUT2D eigenvalue weighted by Crippen LogP contribution is 2.23. The van der Waals surface area contributed by atoms with Crippen molar-refractivity contribution < 1.29 is 13.2 Å². The van der Waals surface area contributed by atoms with Gasteiger partial charge in [0.25, 0.3) is 15.9 Å². The van der Waals surface area contributed by atoms with Crippen molar-refractivity contribution in [2.45, 2.75) is 11.8 Å². The van der Waals surface area contributed by atoms with Crippen molar-refractivity contribution in [1.82, 2.24) is 5.43 Å². The minimum Gasteiger partial charge on any atom is -0.271 e. The Morgan fingerprint density at radius 3 is 2.40 bits per heavy atom. The van der Waals surface area contributed by atoms with Gasteiger partial charge in [0.05, 0.1) is 16.8 Å². The molecule has 1 N–H and O–H groups in total. The van der Waals surface area contributed by atoms with Crippen LogP contribution in [0.25, 0.3) is 0 Å². The Kier molecular flexibility index (Phi) is 7.02. The van der Waals surface area contributed by atoms with E-state index in [1.807, 2.05) is 31.2 Å². The zero-order valence-corrected chi connectivity index (χ0v) is 18.6. The van der Waals surface area contributed by atoms with Crippen LogP contribution in [0.3, 0.4) is 0 Å². The molecule has 0 aliphatic rings. The Labute approximate surface area is 184 Å². The van der Waals surface area contributed by atoms with Crippen molar-refractivity contribution in [2.24, 2.45) is 5.10 Å². The number of benzene rings is 3. The summed E-state index contributed by atoms with van der Waals surface area (Å²) in [4.78, 5) is 12.6. The Balaban J connectivity index is 1.81. The van der Waals surface area contributed by atoms with Gasteiger partial charge in [0, 0.05) is 4.47 Å². The second kappa shape index (κ2) is 9.69. The molecule has 154 valence electrons. The van der Waals surface area contributed by atoms with Gasteiger partial charge in [-0.05, 0) is 48.9 Å². The average molecular weight is 486 g/mol. The number of halogens is 1. The van der Waals surface area contributed by atoms with Crippen LogP contribution in [0, 0.1) is 6.92 Å². The first-order chi connectivity index (χ1) is 14.4. The lowest BCUT2D eigenvalue weighted by Crippen LogP contribution is -2.39. The number of carbonyl (C=O) groups is 1. The largest absolute Gasteiger partial charge is 0.271 e. The summed E-state index contributed by atoms with van der Waals surface area (Å²) in [5, 5.41) is 3.93. The highest BCUT2D eigenvalue weighted by Gasteiger charge is 2.27. The van der Waals surface area contributed by atoms with Crippen molar-refractivity contribution in [3.8, 4) is 0 Å². The van der Waals surface area contributed by atoms with Crippen LogP contribution in [-0.2, 0) is 14.8 Å². The minimum absolute atomic E-state index is 0.113. The van der Waals surface area contributed by atoms with Crippen molar-refractivity contribution >= 4 is 43.8 Å². The summed E-state index contributed by atoms with van der Waals surface area (Å²) < 4.78 is 28.4. The number of hydrogen-bond acceptors (Lipinski definition) is 4. The smallest absolute Gasteiger partial charge is 0.264 e. The Morgan fingerprint density at radius 2 is 1.73 bits per heavy atom. The number of carbonyl (C=O) groups excluding carboxylic acids is 1. The fourth-order valence-electron chi connectivity index (χ4n) is 2.68. The zero-order valence-electron chi connectivity index (χ0n) is 16.2. The molecule has 0 saturated carbocycles. The topological polar surface area (TPSA) is 78.8 Å². The number of nitrogens with one attached hydrogen (secondary N) is 1. The predicted octanol–water partition coefficient (Wildman–Crippen LogP) is 4.10. The van der Waals surface area contributed by atoms with Crippen molar-refractivity contribution in [2.75, 3.05) is 10.8 Å². The second-order valence-corrected chi connectivity index (χ2v) is 9.29. The highest BCUT2D eigenvalue weighted by molar-refractivity contribution is 9.10. The van der Waals surface area contributed by atoms with E-state index >= 15 is 0 Å². The maximum atomic E-state index is 13.2. The molecule has 3 aromatic carbocycles. The average Bonchev–Trinajstić information content (AvgIpc) is 2.73. The van der Waals surface area contributed by atoms with E-state index in [2.05, 4.69) is 26.5 Å². The van der Waals surface area contributed by atoms with Gasteiger partial charge in [-0.1, -0.05) is 64.0 Å². The molecule has 0 aromatic heterocycles. The summed E-state index contributed by atoms with van der Waals surface area (Å²) in [6.07, 6.45) is 1.49. The fourth-order valence-corrected chi connectivity index (χ4v) is 4.52. The van der Waals surface area contributed by atoms with E-state index in [4.69, 9.17) is 0 Å². The molecular formula is C22H20BrN3O3S. The fraction of sp³-hybridized carbons (Fsp3) is 0.0909. The molecule has 0 heterocycles. The van der Waals surface area contributed by atoms with Crippen LogP contribution in [0.5, 0.6) is 0 Å². The Bertz CT molecular complexity index is 1150. The van der Waals surface area contributed by atoms with Gasteiger partial charge in [0.1, 0.15) is 6.54 Å². The molecule has 0 bridgehead atoms. The number of rotatable bonds is 7. The minimum atomic E-state index is -3.93. The maximum absolute atomic E-state index is 13.2. The van der Waals surface area contributed by atoms with Crippen LogP contribution in [-0.4, -0.2) is 27.1 Å². The molecule has 3 rings (SSSR count). The van der Waals surface area contributed by atoms with E-state index in [1.54, 1.807) is 42.5 Å². The lowest BCUT2D eigenvalue weighted by atomic mass is 10.2. The normalized spacial score (nSPS) is 11.4. The van der Waals surface area contributed by atoms with Crippen LogP contribution >= 0.6 is 15.9 Å². The van der Waals surface area contributed by atoms with E-state index in [0.717, 1.165) is 19.9 Å². The second-order valence-electron chi connectivity index (χ2n) is 6.51. The first-order valence-corrected chi connectivity index (χ1v) is 11.3. The number of aryl methyl sites for hydroxylation is 1. The molecule has 6 nitrogen and oxygen atoms in total. The molecule has 30 heavy (non-hydrogen) atoms. The van der Waals surface area contributed by atoms with Crippen LogP contribution in [0.1, 0.15) is 11.1 Å². The molecule has 3 aromatic rings. The predicted molar refractivity (Wildman–Crippen MR) is 122 cm³/mol. The molecule has 0 spiro atoms. The van der Waals surface area contributed by atoms with Crippen LogP contribution in [0.2, 0.25) is 0 Å². The molecular weight excluding hydrogens is 466 g/mol. The first kappa shape index (κ1) is 21.7. The molecule has 0 aliphatic carbocycles. The summed E-state index contributed by atoms with van der Waals surface area (Å²) in [6, 6.07) is 22.4. The zero-order chi connectivity index (χ0) is 21.6. The lowest BCUT2D eigenvalue weighted by Gasteiger charge is -2.23. The summed E-state index contributed by atoms with van der Waals surface area (Å²) in [7, 11) is -3.93. The van der Waals surface area contributed by atoms with Crippen molar-refractivity contribution in [1.29, 1.82) is 0 Å². The Hall–Kier alpha value is -2.97. The monoisotopic (exact) mass is 485 g/mol. The van der Waals surface area contributed by atoms with Gasteiger partial charge >= 0.3 is 0 Å². The highest BCUT2D eigenvalue weighted by atomic mass is 79.9. The van der Waals surface area contributed by atoms with Crippen molar-refractivity contribution in [3.05, 3.63) is 94.5 Å². The van der Waals surface area contributed by atoms with Crippen LogP contribution in [0.15, 0.2) is 93.3 Å². The van der Waals surface area contributed by atoms with E-state index < -0.39 is 22.5 Å². The van der Waals surface area contributed by atoms with Gasteiger partial charge < -0.3 is 0 Å². The third-order valence-electron chi connectivity index (χ3n) is 4.19.